The predicted molar refractivity (Wildman–Crippen MR) is 78.9 cm³/mol. The third kappa shape index (κ3) is 3.40. The number of aliphatic hydroxyl groups excluding tert-OH is 1. The zero-order valence-corrected chi connectivity index (χ0v) is 12.8. The van der Waals surface area contributed by atoms with Crippen LogP contribution < -0.4 is 0 Å². The molecule has 4 heteroatoms. The molecule has 1 N–H and O–H groups in total. The Kier molecular flexibility index (Phi) is 4.54. The summed E-state index contributed by atoms with van der Waals surface area (Å²) in [6, 6.07) is 8.14. The molecular weight excluding hydrogens is 310 g/mol. The van der Waals surface area contributed by atoms with E-state index < -0.39 is 6.10 Å². The number of rotatable bonds is 4. The summed E-state index contributed by atoms with van der Waals surface area (Å²) in [7, 11) is 0. The van der Waals surface area contributed by atoms with Gasteiger partial charge in [0, 0.05) is 5.38 Å². The van der Waals surface area contributed by atoms with Crippen LogP contribution in [0.15, 0.2) is 34.2 Å². The lowest BCUT2D eigenvalue weighted by atomic mass is 10.0. The molecule has 0 aliphatic carbocycles. The van der Waals surface area contributed by atoms with Gasteiger partial charge in [-0.2, -0.15) is 0 Å². The highest BCUT2D eigenvalue weighted by molar-refractivity contribution is 9.10. The third-order valence-corrected chi connectivity index (χ3v) is 4.27. The SMILES string of the molecule is CC(C)Cc1ccc(C(O)c2nc(Br)cs2)cc1. The minimum Gasteiger partial charge on any atom is -0.381 e. The summed E-state index contributed by atoms with van der Waals surface area (Å²) in [5.41, 5.74) is 2.20. The maximum atomic E-state index is 10.2. The van der Waals surface area contributed by atoms with Crippen molar-refractivity contribution in [3.8, 4) is 0 Å². The number of hydrogen-bond donors (Lipinski definition) is 1. The summed E-state index contributed by atoms with van der Waals surface area (Å²) in [5.74, 6) is 0.649. The molecule has 0 saturated heterocycles. The van der Waals surface area contributed by atoms with Gasteiger partial charge in [-0.25, -0.2) is 4.98 Å². The van der Waals surface area contributed by atoms with Gasteiger partial charge in [0.1, 0.15) is 15.7 Å². The highest BCUT2D eigenvalue weighted by Crippen LogP contribution is 2.27. The Labute approximate surface area is 120 Å². The molecule has 0 fully saturated rings. The fourth-order valence-electron chi connectivity index (χ4n) is 1.84. The Bertz CT molecular complexity index is 507. The Morgan fingerprint density at radius 3 is 2.44 bits per heavy atom. The Morgan fingerprint density at radius 2 is 1.94 bits per heavy atom. The molecule has 1 unspecified atom stereocenters. The molecule has 2 rings (SSSR count). The van der Waals surface area contributed by atoms with Crippen molar-refractivity contribution in [3.05, 3.63) is 50.4 Å². The van der Waals surface area contributed by atoms with Gasteiger partial charge in [0.2, 0.25) is 0 Å². The van der Waals surface area contributed by atoms with Crippen molar-refractivity contribution in [2.24, 2.45) is 5.92 Å². The van der Waals surface area contributed by atoms with Crippen molar-refractivity contribution < 1.29 is 5.11 Å². The van der Waals surface area contributed by atoms with Crippen molar-refractivity contribution in [1.82, 2.24) is 4.98 Å². The highest BCUT2D eigenvalue weighted by atomic mass is 79.9. The molecular formula is C14H16BrNOS. The topological polar surface area (TPSA) is 33.1 Å². The number of halogens is 1. The Morgan fingerprint density at radius 1 is 1.28 bits per heavy atom. The fourth-order valence-corrected chi connectivity index (χ4v) is 3.12. The van der Waals surface area contributed by atoms with Gasteiger partial charge in [-0.05, 0) is 39.4 Å². The van der Waals surface area contributed by atoms with Crippen LogP contribution in [0.25, 0.3) is 0 Å². The van der Waals surface area contributed by atoms with Crippen LogP contribution in [-0.4, -0.2) is 10.1 Å². The van der Waals surface area contributed by atoms with E-state index in [0.717, 1.165) is 21.6 Å². The van der Waals surface area contributed by atoms with E-state index in [0.29, 0.717) is 5.92 Å². The molecule has 0 aliphatic rings. The smallest absolute Gasteiger partial charge is 0.131 e. The number of hydrogen-bond acceptors (Lipinski definition) is 3. The van der Waals surface area contributed by atoms with Crippen molar-refractivity contribution in [3.63, 3.8) is 0 Å². The van der Waals surface area contributed by atoms with Gasteiger partial charge in [-0.1, -0.05) is 38.1 Å². The Hall–Kier alpha value is -0.710. The molecule has 1 aromatic heterocycles. The van der Waals surface area contributed by atoms with Gasteiger partial charge in [0.05, 0.1) is 0 Å². The van der Waals surface area contributed by atoms with E-state index in [4.69, 9.17) is 0 Å². The number of nitrogens with zero attached hydrogens (tertiary/aromatic N) is 1. The van der Waals surface area contributed by atoms with E-state index in [2.05, 4.69) is 46.9 Å². The number of aromatic nitrogens is 1. The molecule has 96 valence electrons. The number of benzene rings is 1. The molecule has 2 aromatic rings. The summed E-state index contributed by atoms with van der Waals surface area (Å²) in [6.07, 6.45) is 0.438. The van der Waals surface area contributed by atoms with Crippen molar-refractivity contribution in [2.75, 3.05) is 0 Å². The Balaban J connectivity index is 2.14. The van der Waals surface area contributed by atoms with Crippen LogP contribution in [0.2, 0.25) is 0 Å². The lowest BCUT2D eigenvalue weighted by Gasteiger charge is -2.10. The van der Waals surface area contributed by atoms with Crippen molar-refractivity contribution >= 4 is 27.3 Å². The van der Waals surface area contributed by atoms with Gasteiger partial charge in [-0.3, -0.25) is 0 Å². The first-order chi connectivity index (χ1) is 8.56. The van der Waals surface area contributed by atoms with Crippen molar-refractivity contribution in [2.45, 2.75) is 26.4 Å². The van der Waals surface area contributed by atoms with Gasteiger partial charge >= 0.3 is 0 Å². The standard InChI is InChI=1S/C14H16BrNOS/c1-9(2)7-10-3-5-11(6-4-10)13(17)14-16-12(15)8-18-14/h3-6,8-9,13,17H,7H2,1-2H3. The van der Waals surface area contributed by atoms with Crippen molar-refractivity contribution in [1.29, 1.82) is 0 Å². The molecule has 1 aromatic carbocycles. The van der Waals surface area contributed by atoms with Crippen LogP contribution in [0.5, 0.6) is 0 Å². The van der Waals surface area contributed by atoms with E-state index in [-0.39, 0.29) is 0 Å². The molecule has 0 bridgehead atoms. The van der Waals surface area contributed by atoms with Crippen LogP contribution in [0, 0.1) is 5.92 Å². The lowest BCUT2D eigenvalue weighted by molar-refractivity contribution is 0.219. The molecule has 1 atom stereocenters. The molecule has 0 saturated carbocycles. The lowest BCUT2D eigenvalue weighted by Crippen LogP contribution is -2.00. The fraction of sp³-hybridized carbons (Fsp3) is 0.357. The minimum absolute atomic E-state index is 0.630. The van der Waals surface area contributed by atoms with Gasteiger partial charge in [0.25, 0.3) is 0 Å². The number of aliphatic hydroxyl groups is 1. The average Bonchev–Trinajstić information content (AvgIpc) is 2.75. The summed E-state index contributed by atoms with van der Waals surface area (Å²) in [5, 5.41) is 12.8. The van der Waals surface area contributed by atoms with Crippen LogP contribution in [0.4, 0.5) is 0 Å². The summed E-state index contributed by atoms with van der Waals surface area (Å²) in [6.45, 7) is 4.41. The predicted octanol–water partition coefficient (Wildman–Crippen LogP) is 4.19. The second-order valence-electron chi connectivity index (χ2n) is 4.75. The maximum absolute atomic E-state index is 10.2. The second kappa shape index (κ2) is 5.95. The minimum atomic E-state index is -0.630. The summed E-state index contributed by atoms with van der Waals surface area (Å²) >= 11 is 4.76. The maximum Gasteiger partial charge on any atom is 0.131 e. The van der Waals surface area contributed by atoms with Crippen LogP contribution in [0.1, 0.15) is 36.1 Å². The van der Waals surface area contributed by atoms with Crippen LogP contribution in [-0.2, 0) is 6.42 Å². The van der Waals surface area contributed by atoms with Crippen LogP contribution >= 0.6 is 27.3 Å². The largest absolute Gasteiger partial charge is 0.381 e. The summed E-state index contributed by atoms with van der Waals surface area (Å²) < 4.78 is 0.776. The third-order valence-electron chi connectivity index (χ3n) is 2.67. The zero-order chi connectivity index (χ0) is 13.1. The molecule has 18 heavy (non-hydrogen) atoms. The normalized spacial score (nSPS) is 12.9. The van der Waals surface area contributed by atoms with E-state index in [1.807, 2.05) is 17.5 Å². The first-order valence-electron chi connectivity index (χ1n) is 5.94. The average molecular weight is 326 g/mol. The molecule has 0 aliphatic heterocycles. The first kappa shape index (κ1) is 13.7. The summed E-state index contributed by atoms with van der Waals surface area (Å²) in [4.78, 5) is 4.24. The molecule has 0 spiro atoms. The molecule has 1 heterocycles. The quantitative estimate of drug-likeness (QED) is 0.914. The van der Waals surface area contributed by atoms with Gasteiger partial charge in [-0.15, -0.1) is 11.3 Å². The van der Waals surface area contributed by atoms with Gasteiger partial charge in [0.15, 0.2) is 0 Å². The van der Waals surface area contributed by atoms with Gasteiger partial charge < -0.3 is 5.11 Å². The monoisotopic (exact) mass is 325 g/mol. The highest BCUT2D eigenvalue weighted by Gasteiger charge is 2.14. The zero-order valence-electron chi connectivity index (χ0n) is 10.4. The van der Waals surface area contributed by atoms with E-state index in [9.17, 15) is 5.11 Å². The van der Waals surface area contributed by atoms with E-state index in [1.165, 1.54) is 16.9 Å². The first-order valence-corrected chi connectivity index (χ1v) is 7.61. The molecule has 0 radical (unpaired) electrons. The van der Waals surface area contributed by atoms with E-state index >= 15 is 0 Å². The number of thiazole rings is 1. The molecule has 2 nitrogen and oxygen atoms in total. The van der Waals surface area contributed by atoms with Crippen LogP contribution in [0.3, 0.4) is 0 Å². The van der Waals surface area contributed by atoms with E-state index in [1.54, 1.807) is 0 Å². The molecule has 0 amide bonds. The second-order valence-corrected chi connectivity index (χ2v) is 6.45.